The number of ether oxygens (including phenoxy) is 1. The molecule has 0 aromatic heterocycles. The van der Waals surface area contributed by atoms with Crippen molar-refractivity contribution in [2.45, 2.75) is 46.3 Å². The van der Waals surface area contributed by atoms with E-state index in [0.29, 0.717) is 29.5 Å². The Morgan fingerprint density at radius 1 is 1.30 bits per heavy atom. The van der Waals surface area contributed by atoms with Crippen LogP contribution >= 0.6 is 11.6 Å². The maximum atomic E-state index is 13.9. The first-order valence-corrected chi connectivity index (χ1v) is 7.66. The van der Waals surface area contributed by atoms with Gasteiger partial charge in [-0.15, -0.1) is 0 Å². The van der Waals surface area contributed by atoms with Gasteiger partial charge in [-0.2, -0.15) is 0 Å². The smallest absolute Gasteiger partial charge is 0.126 e. The zero-order valence-electron chi connectivity index (χ0n) is 12.7. The predicted octanol–water partition coefficient (Wildman–Crippen LogP) is 4.06. The number of nitrogens with one attached hydrogen (secondary N) is 1. The van der Waals surface area contributed by atoms with Crippen LogP contribution < -0.4 is 5.32 Å². The van der Waals surface area contributed by atoms with Crippen molar-refractivity contribution in [3.8, 4) is 0 Å². The Labute approximate surface area is 126 Å². The Kier molecular flexibility index (Phi) is 7.49. The van der Waals surface area contributed by atoms with Crippen molar-refractivity contribution in [1.82, 2.24) is 5.32 Å². The van der Waals surface area contributed by atoms with Gasteiger partial charge in [-0.1, -0.05) is 32.4 Å². The number of benzene rings is 1. The molecule has 1 aromatic rings. The Morgan fingerprint density at radius 3 is 2.55 bits per heavy atom. The topological polar surface area (TPSA) is 21.3 Å². The fourth-order valence-electron chi connectivity index (χ4n) is 2.47. The number of rotatable bonds is 8. The molecule has 4 heteroatoms. The quantitative estimate of drug-likeness (QED) is 0.782. The van der Waals surface area contributed by atoms with E-state index in [1.54, 1.807) is 12.1 Å². The van der Waals surface area contributed by atoms with E-state index in [1.165, 1.54) is 6.07 Å². The fraction of sp³-hybridized carbons (Fsp3) is 0.625. The molecule has 0 heterocycles. The molecule has 1 aromatic carbocycles. The first-order valence-electron chi connectivity index (χ1n) is 7.28. The lowest BCUT2D eigenvalue weighted by molar-refractivity contribution is 0.00379. The van der Waals surface area contributed by atoms with E-state index in [2.05, 4.69) is 19.2 Å². The molecule has 0 bridgehead atoms. The number of hydrogen-bond acceptors (Lipinski definition) is 2. The van der Waals surface area contributed by atoms with Crippen molar-refractivity contribution in [3.63, 3.8) is 0 Å². The normalized spacial score (nSPS) is 14.6. The highest BCUT2D eigenvalue weighted by Crippen LogP contribution is 2.20. The lowest BCUT2D eigenvalue weighted by atomic mass is 9.93. The fourth-order valence-corrected chi connectivity index (χ4v) is 2.66. The van der Waals surface area contributed by atoms with Crippen LogP contribution in [0.1, 0.15) is 33.3 Å². The third kappa shape index (κ3) is 5.04. The van der Waals surface area contributed by atoms with Gasteiger partial charge >= 0.3 is 0 Å². The van der Waals surface area contributed by atoms with E-state index in [4.69, 9.17) is 16.3 Å². The highest BCUT2D eigenvalue weighted by Gasteiger charge is 2.25. The summed E-state index contributed by atoms with van der Waals surface area (Å²) in [4.78, 5) is 0. The Bertz CT molecular complexity index is 411. The molecule has 1 rings (SSSR count). The molecule has 0 spiro atoms. The van der Waals surface area contributed by atoms with Gasteiger partial charge in [0.2, 0.25) is 0 Å². The largest absolute Gasteiger partial charge is 0.377 e. The molecule has 2 atom stereocenters. The van der Waals surface area contributed by atoms with E-state index >= 15 is 0 Å². The Morgan fingerprint density at radius 2 is 2.00 bits per heavy atom. The molecular weight excluding hydrogens is 277 g/mol. The van der Waals surface area contributed by atoms with Crippen LogP contribution in [0.25, 0.3) is 0 Å². The van der Waals surface area contributed by atoms with E-state index in [0.717, 1.165) is 6.54 Å². The zero-order valence-corrected chi connectivity index (χ0v) is 13.5. The van der Waals surface area contributed by atoms with E-state index < -0.39 is 0 Å². The SMILES string of the molecule is CCNC(Cc1cc(Cl)ccc1F)C(OCC)C(C)C. The lowest BCUT2D eigenvalue weighted by Crippen LogP contribution is -2.45. The molecule has 0 saturated heterocycles. The second-order valence-electron chi connectivity index (χ2n) is 5.27. The van der Waals surface area contributed by atoms with E-state index in [1.807, 2.05) is 13.8 Å². The molecule has 114 valence electrons. The van der Waals surface area contributed by atoms with Gasteiger partial charge in [-0.3, -0.25) is 0 Å². The molecular formula is C16H25ClFNO. The predicted molar refractivity (Wildman–Crippen MR) is 82.8 cm³/mol. The lowest BCUT2D eigenvalue weighted by Gasteiger charge is -2.31. The average Bonchev–Trinajstić information content (AvgIpc) is 2.39. The van der Waals surface area contributed by atoms with E-state index in [9.17, 15) is 4.39 Å². The van der Waals surface area contributed by atoms with Crippen LogP contribution in [0.3, 0.4) is 0 Å². The summed E-state index contributed by atoms with van der Waals surface area (Å²) in [6.07, 6.45) is 0.627. The minimum Gasteiger partial charge on any atom is -0.377 e. The third-order valence-corrected chi connectivity index (χ3v) is 3.56. The first-order chi connectivity index (χ1) is 9.49. The summed E-state index contributed by atoms with van der Waals surface area (Å²) in [5, 5.41) is 3.97. The summed E-state index contributed by atoms with van der Waals surface area (Å²) in [6, 6.07) is 4.77. The van der Waals surface area contributed by atoms with Gasteiger partial charge < -0.3 is 10.1 Å². The second kappa shape index (κ2) is 8.60. The van der Waals surface area contributed by atoms with Gasteiger partial charge in [0.25, 0.3) is 0 Å². The third-order valence-electron chi connectivity index (χ3n) is 3.33. The van der Waals surface area contributed by atoms with Crippen LogP contribution in [0, 0.1) is 11.7 Å². The molecule has 0 radical (unpaired) electrons. The summed E-state index contributed by atoms with van der Waals surface area (Å²) < 4.78 is 19.7. The minimum atomic E-state index is -0.212. The Balaban J connectivity index is 2.92. The van der Waals surface area contributed by atoms with Crippen molar-refractivity contribution >= 4 is 11.6 Å². The minimum absolute atomic E-state index is 0.0540. The molecule has 0 aliphatic rings. The summed E-state index contributed by atoms with van der Waals surface area (Å²) in [6.45, 7) is 9.76. The van der Waals surface area contributed by atoms with Crippen molar-refractivity contribution in [2.24, 2.45) is 5.92 Å². The summed E-state index contributed by atoms with van der Waals surface area (Å²) >= 11 is 5.96. The molecule has 0 amide bonds. The number of likely N-dealkylation sites (N-methyl/N-ethyl adjacent to an activating group) is 1. The number of hydrogen-bond donors (Lipinski definition) is 1. The van der Waals surface area contributed by atoms with Crippen LogP contribution in [0.2, 0.25) is 5.02 Å². The molecule has 0 aliphatic heterocycles. The van der Waals surface area contributed by atoms with Crippen LogP contribution in [0.5, 0.6) is 0 Å². The van der Waals surface area contributed by atoms with Gasteiger partial charge in [-0.25, -0.2) is 4.39 Å². The summed E-state index contributed by atoms with van der Waals surface area (Å²) in [7, 11) is 0. The maximum Gasteiger partial charge on any atom is 0.126 e. The van der Waals surface area contributed by atoms with Gasteiger partial charge in [0.05, 0.1) is 6.10 Å². The van der Waals surface area contributed by atoms with Crippen molar-refractivity contribution in [2.75, 3.05) is 13.2 Å². The van der Waals surface area contributed by atoms with Gasteiger partial charge in [0.15, 0.2) is 0 Å². The van der Waals surface area contributed by atoms with Crippen molar-refractivity contribution < 1.29 is 9.13 Å². The van der Waals surface area contributed by atoms with Crippen LogP contribution in [0.4, 0.5) is 4.39 Å². The Hall–Kier alpha value is -0.640. The van der Waals surface area contributed by atoms with Crippen LogP contribution in [-0.4, -0.2) is 25.3 Å². The highest BCUT2D eigenvalue weighted by molar-refractivity contribution is 6.30. The van der Waals surface area contributed by atoms with Gasteiger partial charge in [0.1, 0.15) is 5.82 Å². The van der Waals surface area contributed by atoms with Gasteiger partial charge in [-0.05, 0) is 49.6 Å². The molecule has 20 heavy (non-hydrogen) atoms. The molecule has 1 N–H and O–H groups in total. The molecule has 0 fully saturated rings. The molecule has 2 unspecified atom stereocenters. The molecule has 2 nitrogen and oxygen atoms in total. The van der Waals surface area contributed by atoms with Crippen LogP contribution in [-0.2, 0) is 11.2 Å². The summed E-state index contributed by atoms with van der Waals surface area (Å²) in [5.41, 5.74) is 0.633. The monoisotopic (exact) mass is 301 g/mol. The van der Waals surface area contributed by atoms with E-state index in [-0.39, 0.29) is 18.0 Å². The van der Waals surface area contributed by atoms with Crippen LogP contribution in [0.15, 0.2) is 18.2 Å². The van der Waals surface area contributed by atoms with Crippen molar-refractivity contribution in [3.05, 3.63) is 34.6 Å². The maximum absolute atomic E-state index is 13.9. The average molecular weight is 302 g/mol. The molecule has 0 saturated carbocycles. The highest BCUT2D eigenvalue weighted by atomic mass is 35.5. The summed E-state index contributed by atoms with van der Waals surface area (Å²) in [5.74, 6) is 0.151. The van der Waals surface area contributed by atoms with Gasteiger partial charge in [0, 0.05) is 17.7 Å². The van der Waals surface area contributed by atoms with Crippen molar-refractivity contribution in [1.29, 1.82) is 0 Å². The molecule has 0 aliphatic carbocycles. The zero-order chi connectivity index (χ0) is 15.1. The first kappa shape index (κ1) is 17.4. The second-order valence-corrected chi connectivity index (χ2v) is 5.70. The standard InChI is InChI=1S/C16H25ClFNO/c1-5-19-15(16(11(3)4)20-6-2)10-12-9-13(17)7-8-14(12)18/h7-9,11,15-16,19H,5-6,10H2,1-4H3. The number of halogens is 2.